The van der Waals surface area contributed by atoms with Crippen molar-refractivity contribution in [2.45, 2.75) is 6.54 Å². The number of hydrogen-bond donors (Lipinski definition) is 0. The molecule has 0 aliphatic heterocycles. The minimum Gasteiger partial charge on any atom is -0.336 e. The van der Waals surface area contributed by atoms with Gasteiger partial charge in [-0.15, -0.1) is 11.3 Å². The molecule has 2 heterocycles. The highest BCUT2D eigenvalue weighted by atomic mass is 32.1. The van der Waals surface area contributed by atoms with Crippen molar-refractivity contribution in [1.82, 2.24) is 19.0 Å². The monoisotopic (exact) mass is 294 g/mol. The van der Waals surface area contributed by atoms with Gasteiger partial charge >= 0.3 is 5.69 Å². The second-order valence-electron chi connectivity index (χ2n) is 4.45. The lowest BCUT2D eigenvalue weighted by Gasteiger charge is -2.16. The van der Waals surface area contributed by atoms with Gasteiger partial charge < -0.3 is 9.47 Å². The third-order valence-corrected chi connectivity index (χ3v) is 3.51. The Morgan fingerprint density at radius 3 is 2.70 bits per heavy atom. The first kappa shape index (κ1) is 14.2. The van der Waals surface area contributed by atoms with E-state index in [9.17, 15) is 14.4 Å². The summed E-state index contributed by atoms with van der Waals surface area (Å²) in [5.41, 5.74) is 1.50. The Morgan fingerprint density at radius 2 is 2.10 bits per heavy atom. The Bertz CT molecular complexity index is 745. The standard InChI is InChI=1S/C12H14N4O3S/c1-14(11(18)9-6-20-7-13-9)4-8-5-15(2)12(19)16(3)10(8)17/h5-7H,4H2,1-3H3. The van der Waals surface area contributed by atoms with Crippen molar-refractivity contribution in [3.8, 4) is 0 Å². The van der Waals surface area contributed by atoms with Crippen LogP contribution in [0.4, 0.5) is 0 Å². The summed E-state index contributed by atoms with van der Waals surface area (Å²) >= 11 is 1.33. The normalized spacial score (nSPS) is 10.6. The Kier molecular flexibility index (Phi) is 3.84. The number of amides is 1. The molecule has 8 heteroatoms. The molecular formula is C12H14N4O3S. The number of thiazole rings is 1. The van der Waals surface area contributed by atoms with Crippen LogP contribution in [0, 0.1) is 0 Å². The maximum Gasteiger partial charge on any atom is 0.330 e. The summed E-state index contributed by atoms with van der Waals surface area (Å²) in [7, 11) is 4.57. The molecule has 1 amide bonds. The fourth-order valence-corrected chi connectivity index (χ4v) is 2.36. The number of carbonyl (C=O) groups is 1. The molecule has 0 spiro atoms. The van der Waals surface area contributed by atoms with Crippen molar-refractivity contribution in [2.24, 2.45) is 14.1 Å². The van der Waals surface area contributed by atoms with E-state index in [2.05, 4.69) is 4.98 Å². The Morgan fingerprint density at radius 1 is 1.40 bits per heavy atom. The predicted molar refractivity (Wildman–Crippen MR) is 74.8 cm³/mol. The summed E-state index contributed by atoms with van der Waals surface area (Å²) in [6.07, 6.45) is 1.45. The first-order valence-electron chi connectivity index (χ1n) is 5.81. The molecule has 2 rings (SSSR count). The van der Waals surface area contributed by atoms with Gasteiger partial charge in [-0.3, -0.25) is 14.2 Å². The summed E-state index contributed by atoms with van der Waals surface area (Å²) < 4.78 is 2.34. The zero-order chi connectivity index (χ0) is 14.9. The smallest absolute Gasteiger partial charge is 0.330 e. The van der Waals surface area contributed by atoms with Gasteiger partial charge in [0.15, 0.2) is 0 Å². The topological polar surface area (TPSA) is 77.2 Å². The van der Waals surface area contributed by atoms with Gasteiger partial charge in [0.2, 0.25) is 0 Å². The highest BCUT2D eigenvalue weighted by molar-refractivity contribution is 7.07. The van der Waals surface area contributed by atoms with Crippen molar-refractivity contribution >= 4 is 17.2 Å². The summed E-state index contributed by atoms with van der Waals surface area (Å²) in [4.78, 5) is 41.0. The molecule has 0 unspecified atom stereocenters. The zero-order valence-corrected chi connectivity index (χ0v) is 12.2. The molecule has 0 radical (unpaired) electrons. The first-order chi connectivity index (χ1) is 9.41. The van der Waals surface area contributed by atoms with E-state index in [4.69, 9.17) is 0 Å². The minimum absolute atomic E-state index is 0.122. The Balaban J connectivity index is 2.29. The second-order valence-corrected chi connectivity index (χ2v) is 5.17. The molecule has 0 saturated carbocycles. The third-order valence-electron chi connectivity index (χ3n) is 2.92. The average molecular weight is 294 g/mol. The Labute approximate surface area is 118 Å². The maximum absolute atomic E-state index is 12.1. The number of nitrogens with zero attached hydrogens (tertiary/aromatic N) is 4. The van der Waals surface area contributed by atoms with Gasteiger partial charge in [-0.05, 0) is 0 Å². The van der Waals surface area contributed by atoms with E-state index in [1.54, 1.807) is 25.0 Å². The SMILES string of the molecule is CN(Cc1cn(C)c(=O)n(C)c1=O)C(=O)c1cscn1. The van der Waals surface area contributed by atoms with Crippen LogP contribution in [0.15, 0.2) is 26.7 Å². The summed E-state index contributed by atoms with van der Waals surface area (Å²) in [5, 5.41) is 1.65. The van der Waals surface area contributed by atoms with Gasteiger partial charge in [0.25, 0.3) is 11.5 Å². The molecule has 7 nitrogen and oxygen atoms in total. The van der Waals surface area contributed by atoms with E-state index in [-0.39, 0.29) is 12.5 Å². The van der Waals surface area contributed by atoms with Gasteiger partial charge in [0.05, 0.1) is 17.6 Å². The lowest BCUT2D eigenvalue weighted by molar-refractivity contribution is 0.0779. The van der Waals surface area contributed by atoms with Crippen LogP contribution in [0.3, 0.4) is 0 Å². The molecule has 2 aromatic heterocycles. The predicted octanol–water partition coefficient (Wildman–Crippen LogP) is -0.187. The van der Waals surface area contributed by atoms with Crippen LogP contribution in [0.25, 0.3) is 0 Å². The molecule has 106 valence electrons. The van der Waals surface area contributed by atoms with Crippen molar-refractivity contribution in [3.05, 3.63) is 49.2 Å². The summed E-state index contributed by atoms with van der Waals surface area (Å²) in [5.74, 6) is -0.262. The molecule has 0 aliphatic carbocycles. The highest BCUT2D eigenvalue weighted by Crippen LogP contribution is 2.06. The van der Waals surface area contributed by atoms with Crippen LogP contribution in [-0.4, -0.2) is 32.0 Å². The third kappa shape index (κ3) is 2.55. The van der Waals surface area contributed by atoms with Crippen molar-refractivity contribution in [1.29, 1.82) is 0 Å². The van der Waals surface area contributed by atoms with Gasteiger partial charge in [-0.25, -0.2) is 9.78 Å². The second kappa shape index (κ2) is 5.41. The Hall–Kier alpha value is -2.22. The van der Waals surface area contributed by atoms with Crippen LogP contribution in [0.5, 0.6) is 0 Å². The quantitative estimate of drug-likeness (QED) is 0.786. The van der Waals surface area contributed by atoms with Gasteiger partial charge in [0.1, 0.15) is 5.69 Å². The van der Waals surface area contributed by atoms with Crippen molar-refractivity contribution in [2.75, 3.05) is 7.05 Å². The van der Waals surface area contributed by atoms with E-state index in [1.165, 1.54) is 34.0 Å². The molecule has 2 aromatic rings. The molecule has 0 bridgehead atoms. The molecule has 0 aliphatic rings. The number of rotatable bonds is 3. The van der Waals surface area contributed by atoms with Gasteiger partial charge in [0, 0.05) is 32.7 Å². The largest absolute Gasteiger partial charge is 0.336 e. The van der Waals surface area contributed by atoms with E-state index < -0.39 is 11.2 Å². The van der Waals surface area contributed by atoms with E-state index in [1.807, 2.05) is 0 Å². The van der Waals surface area contributed by atoms with Crippen molar-refractivity contribution in [3.63, 3.8) is 0 Å². The zero-order valence-electron chi connectivity index (χ0n) is 11.4. The molecule has 0 N–H and O–H groups in total. The molecular weight excluding hydrogens is 280 g/mol. The minimum atomic E-state index is -0.397. The van der Waals surface area contributed by atoms with E-state index in [0.29, 0.717) is 11.3 Å². The summed E-state index contributed by atoms with van der Waals surface area (Å²) in [6, 6.07) is 0. The number of aromatic nitrogens is 3. The lowest BCUT2D eigenvalue weighted by Crippen LogP contribution is -2.40. The van der Waals surface area contributed by atoms with Crippen LogP contribution in [-0.2, 0) is 20.6 Å². The number of carbonyl (C=O) groups excluding carboxylic acids is 1. The van der Waals surface area contributed by atoms with Crippen LogP contribution in [0.2, 0.25) is 0 Å². The molecule has 0 saturated heterocycles. The number of aryl methyl sites for hydroxylation is 1. The van der Waals surface area contributed by atoms with Gasteiger partial charge in [-0.1, -0.05) is 0 Å². The fourth-order valence-electron chi connectivity index (χ4n) is 1.83. The first-order valence-corrected chi connectivity index (χ1v) is 6.75. The summed E-state index contributed by atoms with van der Waals surface area (Å²) in [6.45, 7) is 0.122. The van der Waals surface area contributed by atoms with Gasteiger partial charge in [-0.2, -0.15) is 0 Å². The van der Waals surface area contributed by atoms with E-state index >= 15 is 0 Å². The molecule has 0 atom stereocenters. The molecule has 0 aromatic carbocycles. The maximum atomic E-state index is 12.1. The molecule has 20 heavy (non-hydrogen) atoms. The lowest BCUT2D eigenvalue weighted by atomic mass is 10.3. The van der Waals surface area contributed by atoms with Crippen LogP contribution >= 0.6 is 11.3 Å². The highest BCUT2D eigenvalue weighted by Gasteiger charge is 2.16. The molecule has 0 fully saturated rings. The number of hydrogen-bond acceptors (Lipinski definition) is 5. The van der Waals surface area contributed by atoms with Crippen molar-refractivity contribution < 1.29 is 4.79 Å². The fraction of sp³-hybridized carbons (Fsp3) is 0.333. The van der Waals surface area contributed by atoms with Crippen LogP contribution < -0.4 is 11.2 Å². The average Bonchev–Trinajstić information content (AvgIpc) is 2.95. The van der Waals surface area contributed by atoms with Crippen LogP contribution in [0.1, 0.15) is 16.1 Å². The van der Waals surface area contributed by atoms with E-state index in [0.717, 1.165) is 4.57 Å².